The van der Waals surface area contributed by atoms with E-state index in [2.05, 4.69) is 104 Å². The maximum Gasteiger partial charge on any atom is 0.120 e. The molecule has 44 heavy (non-hydrogen) atoms. The van der Waals surface area contributed by atoms with Gasteiger partial charge in [-0.25, -0.2) is 0 Å². The number of hydrogen-bond donors (Lipinski definition) is 0. The van der Waals surface area contributed by atoms with Gasteiger partial charge in [0.15, 0.2) is 0 Å². The summed E-state index contributed by atoms with van der Waals surface area (Å²) in [6.45, 7) is 11.5. The molecule has 3 nitrogen and oxygen atoms in total. The monoisotopic (exact) mass is 773 g/mol. The average molecular weight is 773 g/mol. The Morgan fingerprint density at radius 3 is 2.34 bits per heavy atom. The first kappa shape index (κ1) is 32.0. The molecule has 0 spiro atoms. The second kappa shape index (κ2) is 13.7. The van der Waals surface area contributed by atoms with Crippen LogP contribution in [0.4, 0.5) is 0 Å². The molecule has 3 aromatic heterocycles. The van der Waals surface area contributed by atoms with Crippen LogP contribution < -0.4 is 5.19 Å². The van der Waals surface area contributed by atoms with Gasteiger partial charge < -0.3 is 14.4 Å². The van der Waals surface area contributed by atoms with Crippen LogP contribution in [0.5, 0.6) is 0 Å². The number of nitrogens with zero attached hydrogens (tertiary/aromatic N) is 2. The normalized spacial score (nSPS) is 13.6. The zero-order valence-electron chi connectivity index (χ0n) is 26.3. The molecule has 6 aromatic rings. The van der Waals surface area contributed by atoms with Gasteiger partial charge in [0.2, 0.25) is 0 Å². The third-order valence-corrected chi connectivity index (χ3v) is 10.6. The van der Waals surface area contributed by atoms with Gasteiger partial charge in [-0.3, -0.25) is 0 Å². The van der Waals surface area contributed by atoms with Gasteiger partial charge in [0.25, 0.3) is 0 Å². The van der Waals surface area contributed by atoms with E-state index in [-0.39, 0.29) is 20.1 Å². The Morgan fingerprint density at radius 2 is 1.66 bits per heavy atom. The fraction of sp³-hybridized carbons (Fsp3) is 0.282. The first-order valence-corrected chi connectivity index (χ1v) is 19.1. The maximum absolute atomic E-state index is 6.39. The number of furan rings is 1. The number of fused-ring (bicyclic) bond motifs is 3. The van der Waals surface area contributed by atoms with Crippen LogP contribution in [-0.4, -0.2) is 18.0 Å². The minimum absolute atomic E-state index is 0. The Balaban J connectivity index is 0.000000204. The van der Waals surface area contributed by atoms with Crippen molar-refractivity contribution in [3.8, 4) is 22.5 Å². The van der Waals surface area contributed by atoms with Crippen molar-refractivity contribution in [3.63, 3.8) is 0 Å². The van der Waals surface area contributed by atoms with Crippen LogP contribution in [0.15, 0.2) is 95.7 Å². The topological polar surface area (TPSA) is 38.9 Å². The zero-order valence-corrected chi connectivity index (χ0v) is 29.7. The molecular formula is C39H40IrN2OSi-2. The van der Waals surface area contributed by atoms with E-state index in [1.165, 1.54) is 52.8 Å². The molecule has 0 N–H and O–H groups in total. The Kier molecular flexibility index (Phi) is 9.99. The van der Waals surface area contributed by atoms with Gasteiger partial charge in [-0.15, -0.1) is 54.1 Å². The van der Waals surface area contributed by atoms with Crippen molar-refractivity contribution in [2.24, 2.45) is 0 Å². The molecule has 1 radical (unpaired) electrons. The molecule has 1 aliphatic rings. The van der Waals surface area contributed by atoms with Gasteiger partial charge in [0.05, 0.1) is 13.7 Å². The third kappa shape index (κ3) is 6.81. The summed E-state index contributed by atoms with van der Waals surface area (Å²) in [5.74, 6) is 1.21. The maximum atomic E-state index is 6.39. The summed E-state index contributed by atoms with van der Waals surface area (Å²) in [7, 11) is -1.49. The van der Waals surface area contributed by atoms with Crippen molar-refractivity contribution in [1.82, 2.24) is 9.97 Å². The Labute approximate surface area is 276 Å². The summed E-state index contributed by atoms with van der Waals surface area (Å²) >= 11 is 0. The minimum atomic E-state index is -1.49. The summed E-state index contributed by atoms with van der Waals surface area (Å²) in [6, 6.07) is 33.8. The quantitative estimate of drug-likeness (QED) is 0.129. The van der Waals surface area contributed by atoms with Gasteiger partial charge in [-0.1, -0.05) is 98.4 Å². The molecule has 0 amide bonds. The summed E-state index contributed by atoms with van der Waals surface area (Å²) < 4.78 is 6.39. The minimum Gasteiger partial charge on any atom is -0.501 e. The van der Waals surface area contributed by atoms with Crippen LogP contribution in [0.2, 0.25) is 19.6 Å². The molecule has 1 saturated carbocycles. The molecule has 1 fully saturated rings. The van der Waals surface area contributed by atoms with Crippen molar-refractivity contribution in [2.75, 3.05) is 0 Å². The van der Waals surface area contributed by atoms with Gasteiger partial charge in [0, 0.05) is 37.9 Å². The standard InChI is InChI=1S/C25H26NOSi.C14H14N.Ir/c1-28(2,3)23-13-7-12-22-24(23)20-11-6-10-19(25(20)27-22)21-16-18(14-15-26-21)17-8-4-5-9-17;1-11(2)13-8-9-14(15-10-13)12-6-4-3-5-7-12;/h6-7,11-17H,4-5,8-9H2,1-3H3;3-6,8-11H,1-2H3;/q2*-1;. The van der Waals surface area contributed by atoms with Gasteiger partial charge in [-0.2, -0.15) is 0 Å². The Morgan fingerprint density at radius 1 is 0.841 bits per heavy atom. The summed E-state index contributed by atoms with van der Waals surface area (Å²) in [6.07, 6.45) is 9.16. The van der Waals surface area contributed by atoms with Crippen LogP contribution in [0, 0.1) is 12.1 Å². The molecule has 5 heteroatoms. The molecule has 0 unspecified atom stereocenters. The van der Waals surface area contributed by atoms with Gasteiger partial charge in [0.1, 0.15) is 5.58 Å². The Bertz CT molecular complexity index is 1830. The molecule has 0 aliphatic heterocycles. The van der Waals surface area contributed by atoms with Gasteiger partial charge >= 0.3 is 0 Å². The van der Waals surface area contributed by atoms with Crippen molar-refractivity contribution >= 4 is 35.2 Å². The molecule has 7 rings (SSSR count). The second-order valence-corrected chi connectivity index (χ2v) is 18.0. The molecule has 3 heterocycles. The van der Waals surface area contributed by atoms with E-state index in [9.17, 15) is 0 Å². The van der Waals surface area contributed by atoms with E-state index in [0.29, 0.717) is 11.8 Å². The summed E-state index contributed by atoms with van der Waals surface area (Å²) in [5, 5.41) is 3.92. The predicted molar refractivity (Wildman–Crippen MR) is 183 cm³/mol. The number of pyridine rings is 2. The molecule has 227 valence electrons. The SMILES string of the molecule is CC(C)c1ccc(-c2[c-]cccc2)nc1.C[Si](C)(C)c1cccc2oc3c(-c4cc(C5CCCC5)ccn4)[c-]ccc3c12.[Ir]. The number of benzene rings is 3. The van der Waals surface area contributed by atoms with Crippen LogP contribution in [0.1, 0.15) is 62.5 Å². The predicted octanol–water partition coefficient (Wildman–Crippen LogP) is 10.3. The number of hydrogen-bond acceptors (Lipinski definition) is 3. The fourth-order valence-electron chi connectivity index (χ4n) is 6.16. The van der Waals surface area contributed by atoms with Crippen molar-refractivity contribution < 1.29 is 24.5 Å². The average Bonchev–Trinajstić information content (AvgIpc) is 3.70. The van der Waals surface area contributed by atoms with Gasteiger partial charge in [-0.05, 0) is 53.8 Å². The number of rotatable bonds is 5. The van der Waals surface area contributed by atoms with E-state index >= 15 is 0 Å². The third-order valence-electron chi connectivity index (χ3n) is 8.57. The van der Waals surface area contributed by atoms with Crippen LogP contribution in [0.25, 0.3) is 44.5 Å². The van der Waals surface area contributed by atoms with Crippen LogP contribution in [0.3, 0.4) is 0 Å². The first-order chi connectivity index (χ1) is 20.8. The second-order valence-electron chi connectivity index (χ2n) is 13.0. The van der Waals surface area contributed by atoms with E-state index < -0.39 is 8.07 Å². The first-order valence-electron chi connectivity index (χ1n) is 15.6. The van der Waals surface area contributed by atoms with Crippen molar-refractivity contribution in [1.29, 1.82) is 0 Å². The van der Waals surface area contributed by atoms with Crippen LogP contribution in [-0.2, 0) is 20.1 Å². The molecular weight excluding hydrogens is 733 g/mol. The zero-order chi connectivity index (χ0) is 30.0. The molecule has 3 aromatic carbocycles. The van der Waals surface area contributed by atoms with Crippen molar-refractivity contribution in [2.45, 2.75) is 71.0 Å². The van der Waals surface area contributed by atoms with E-state index in [0.717, 1.165) is 33.7 Å². The molecule has 0 bridgehead atoms. The largest absolute Gasteiger partial charge is 0.501 e. The number of aromatic nitrogens is 2. The molecule has 0 saturated heterocycles. The summed E-state index contributed by atoms with van der Waals surface area (Å²) in [5.41, 5.74) is 8.56. The molecule has 0 atom stereocenters. The van der Waals surface area contributed by atoms with Crippen molar-refractivity contribution in [3.05, 3.63) is 115 Å². The van der Waals surface area contributed by atoms with Crippen LogP contribution >= 0.6 is 0 Å². The smallest absolute Gasteiger partial charge is 0.120 e. The summed E-state index contributed by atoms with van der Waals surface area (Å²) in [4.78, 5) is 9.13. The van der Waals surface area contributed by atoms with E-state index in [4.69, 9.17) is 4.42 Å². The molecule has 1 aliphatic carbocycles. The Hall–Kier alpha value is -3.37. The fourth-order valence-corrected chi connectivity index (χ4v) is 7.77. The van der Waals surface area contributed by atoms with E-state index in [1.54, 1.807) is 0 Å². The van der Waals surface area contributed by atoms with E-state index in [1.807, 2.05) is 42.7 Å².